The zero-order chi connectivity index (χ0) is 28.1. The topological polar surface area (TPSA) is 63.6 Å². The first kappa shape index (κ1) is 31.4. The summed E-state index contributed by atoms with van der Waals surface area (Å²) in [5, 5.41) is 9.54. The highest BCUT2D eigenvalue weighted by molar-refractivity contribution is 6.10. The zero-order valence-corrected chi connectivity index (χ0v) is 25.1. The number of methoxy groups -OCH3 is 1. The Morgan fingerprint density at radius 2 is 1.03 bits per heavy atom. The smallest absolute Gasteiger partial charge is 0.184 e. The average molecular weight is 513 g/mol. The minimum absolute atomic E-state index is 0.117. The molecule has 0 aliphatic heterocycles. The third-order valence-electron chi connectivity index (χ3n) is 7.75. The first-order valence-corrected chi connectivity index (χ1v) is 14.1. The molecule has 0 saturated heterocycles. The second-order valence-corrected chi connectivity index (χ2v) is 13.8. The van der Waals surface area contributed by atoms with Crippen LogP contribution in [0.1, 0.15) is 113 Å². The molecular formula is C33H52O4. The lowest BCUT2D eigenvalue weighted by molar-refractivity contribution is -0.113. The van der Waals surface area contributed by atoms with Crippen molar-refractivity contribution in [1.82, 2.24) is 0 Å². The summed E-state index contributed by atoms with van der Waals surface area (Å²) in [6, 6.07) is 0. The molecule has 1 N–H and O–H groups in total. The second kappa shape index (κ2) is 12.4. The summed E-state index contributed by atoms with van der Waals surface area (Å²) in [5.41, 5.74) is 2.99. The van der Waals surface area contributed by atoms with E-state index >= 15 is 0 Å². The van der Waals surface area contributed by atoms with Gasteiger partial charge in [0.1, 0.15) is 0 Å². The fourth-order valence-corrected chi connectivity index (χ4v) is 5.41. The van der Waals surface area contributed by atoms with E-state index in [4.69, 9.17) is 4.74 Å². The van der Waals surface area contributed by atoms with Crippen molar-refractivity contribution in [3.05, 3.63) is 46.6 Å². The molecule has 37 heavy (non-hydrogen) atoms. The molecule has 0 aromatic heterocycles. The molecule has 208 valence electrons. The number of carbonyl (C=O) groups is 2. The van der Waals surface area contributed by atoms with Gasteiger partial charge in [0.25, 0.3) is 0 Å². The van der Waals surface area contributed by atoms with E-state index in [0.717, 1.165) is 67.2 Å². The van der Waals surface area contributed by atoms with Crippen molar-refractivity contribution < 1.29 is 19.4 Å². The maximum absolute atomic E-state index is 13.3. The van der Waals surface area contributed by atoms with Gasteiger partial charge in [0, 0.05) is 24.5 Å². The summed E-state index contributed by atoms with van der Waals surface area (Å²) < 4.78 is 5.54. The van der Waals surface area contributed by atoms with Crippen LogP contribution in [0.2, 0.25) is 0 Å². The third-order valence-corrected chi connectivity index (χ3v) is 7.75. The van der Waals surface area contributed by atoms with Crippen LogP contribution in [0.5, 0.6) is 0 Å². The van der Waals surface area contributed by atoms with E-state index < -0.39 is 0 Å². The molecule has 0 fully saturated rings. The van der Waals surface area contributed by atoms with Crippen LogP contribution in [0, 0.1) is 16.2 Å². The van der Waals surface area contributed by atoms with E-state index in [0.29, 0.717) is 12.8 Å². The minimum Gasteiger partial charge on any atom is -0.396 e. The summed E-state index contributed by atoms with van der Waals surface area (Å²) in [4.78, 5) is 26.6. The van der Waals surface area contributed by atoms with Crippen LogP contribution in [0.15, 0.2) is 46.6 Å². The Morgan fingerprint density at radius 3 is 1.38 bits per heavy atom. The highest BCUT2D eigenvalue weighted by Crippen LogP contribution is 2.37. The number of hydrogen-bond donors (Lipinski definition) is 1. The number of hydrogen-bond acceptors (Lipinski definition) is 4. The average Bonchev–Trinajstić information content (AvgIpc) is 2.78. The van der Waals surface area contributed by atoms with Gasteiger partial charge in [0.05, 0.1) is 5.60 Å². The van der Waals surface area contributed by atoms with Crippen molar-refractivity contribution in [3.8, 4) is 0 Å². The summed E-state index contributed by atoms with van der Waals surface area (Å²) in [6.45, 7) is 17.0. The number of rotatable bonds is 14. The number of Topliss-reactive ketones (excluding diaryl/α,β-unsaturated/α-hetero) is 2. The van der Waals surface area contributed by atoms with Crippen LogP contribution in [0.25, 0.3) is 0 Å². The van der Waals surface area contributed by atoms with Gasteiger partial charge in [0.2, 0.25) is 0 Å². The Labute approximate surface area is 226 Å². The van der Waals surface area contributed by atoms with Gasteiger partial charge < -0.3 is 9.84 Å². The molecule has 0 aromatic rings. The third kappa shape index (κ3) is 9.80. The number of aliphatic hydroxyl groups is 1. The van der Waals surface area contributed by atoms with Crippen molar-refractivity contribution in [2.24, 2.45) is 16.2 Å². The van der Waals surface area contributed by atoms with Crippen LogP contribution in [0.4, 0.5) is 0 Å². The summed E-state index contributed by atoms with van der Waals surface area (Å²) in [6.07, 6.45) is 15.8. The zero-order valence-electron chi connectivity index (χ0n) is 25.1. The standard InChI is InChI=1S/C33H52O4/c1-30(2,23-34)17-11-15-26-21-31(3,4)19-24(28(26)35)13-10-14-25-20-32(5,6)22-27(29(25)36)16-12-18-33(7,8)37-9/h19-22,34H,10-18,23H2,1-9H3. The van der Waals surface area contributed by atoms with Crippen LogP contribution in [0.3, 0.4) is 0 Å². The van der Waals surface area contributed by atoms with E-state index in [-0.39, 0.29) is 40.0 Å². The van der Waals surface area contributed by atoms with Gasteiger partial charge in [-0.15, -0.1) is 0 Å². The summed E-state index contributed by atoms with van der Waals surface area (Å²) in [7, 11) is 1.74. The lowest BCUT2D eigenvalue weighted by Crippen LogP contribution is -2.23. The molecule has 0 amide bonds. The van der Waals surface area contributed by atoms with Crippen LogP contribution < -0.4 is 0 Å². The Balaban J connectivity index is 1.98. The Kier molecular flexibility index (Phi) is 10.5. The van der Waals surface area contributed by atoms with Gasteiger partial charge >= 0.3 is 0 Å². The van der Waals surface area contributed by atoms with E-state index in [2.05, 4.69) is 79.7 Å². The van der Waals surface area contributed by atoms with Crippen molar-refractivity contribution in [3.63, 3.8) is 0 Å². The summed E-state index contributed by atoms with van der Waals surface area (Å²) in [5.74, 6) is 0.331. The van der Waals surface area contributed by atoms with Crippen molar-refractivity contribution in [1.29, 1.82) is 0 Å². The van der Waals surface area contributed by atoms with E-state index in [1.807, 2.05) is 0 Å². The molecule has 4 heteroatoms. The molecule has 0 unspecified atom stereocenters. The van der Waals surface area contributed by atoms with E-state index in [1.165, 1.54) is 0 Å². The SMILES string of the molecule is COC(C)(C)CCCC1=CC(C)(C)C=C(CCCC2=CC(C)(C)C=C(CCCC(C)(C)CO)C2=O)C1=O. The molecular weight excluding hydrogens is 460 g/mol. The molecule has 0 heterocycles. The van der Waals surface area contributed by atoms with E-state index in [1.54, 1.807) is 7.11 Å². The number of ether oxygens (including phenoxy) is 1. The Bertz CT molecular complexity index is 888. The summed E-state index contributed by atoms with van der Waals surface area (Å²) >= 11 is 0. The second-order valence-electron chi connectivity index (χ2n) is 13.8. The molecule has 0 saturated carbocycles. The Hall–Kier alpha value is -1.78. The van der Waals surface area contributed by atoms with Gasteiger partial charge in [0.15, 0.2) is 11.6 Å². The van der Waals surface area contributed by atoms with Crippen molar-refractivity contribution >= 4 is 11.6 Å². The molecule has 4 nitrogen and oxygen atoms in total. The number of aliphatic hydroxyl groups excluding tert-OH is 1. The van der Waals surface area contributed by atoms with Gasteiger partial charge in [-0.3, -0.25) is 9.59 Å². The maximum Gasteiger partial charge on any atom is 0.184 e. The molecule has 0 atom stereocenters. The van der Waals surface area contributed by atoms with Crippen LogP contribution >= 0.6 is 0 Å². The predicted molar refractivity (Wildman–Crippen MR) is 153 cm³/mol. The molecule has 2 aliphatic carbocycles. The molecule has 2 rings (SSSR count). The minimum atomic E-state index is -0.178. The highest BCUT2D eigenvalue weighted by Gasteiger charge is 2.29. The fourth-order valence-electron chi connectivity index (χ4n) is 5.41. The molecule has 0 bridgehead atoms. The predicted octanol–water partition coefficient (Wildman–Crippen LogP) is 7.86. The fraction of sp³-hybridized carbons (Fsp3) is 0.697. The van der Waals surface area contributed by atoms with Crippen molar-refractivity contribution in [2.75, 3.05) is 13.7 Å². The van der Waals surface area contributed by atoms with Crippen LogP contribution in [-0.4, -0.2) is 36.0 Å². The van der Waals surface area contributed by atoms with Gasteiger partial charge in [-0.1, -0.05) is 65.8 Å². The first-order chi connectivity index (χ1) is 17.0. The Morgan fingerprint density at radius 1 is 0.676 bits per heavy atom. The van der Waals surface area contributed by atoms with E-state index in [9.17, 15) is 14.7 Å². The number of ketones is 2. The lowest BCUT2D eigenvalue weighted by atomic mass is 9.76. The van der Waals surface area contributed by atoms with Gasteiger partial charge in [-0.25, -0.2) is 0 Å². The molecule has 0 spiro atoms. The highest BCUT2D eigenvalue weighted by atomic mass is 16.5. The monoisotopic (exact) mass is 512 g/mol. The first-order valence-electron chi connectivity index (χ1n) is 14.1. The molecule has 0 radical (unpaired) electrons. The normalized spacial score (nSPS) is 19.8. The van der Waals surface area contributed by atoms with Crippen LogP contribution in [-0.2, 0) is 14.3 Å². The maximum atomic E-state index is 13.3. The molecule has 0 aromatic carbocycles. The quantitative estimate of drug-likeness (QED) is 0.257. The van der Waals surface area contributed by atoms with Gasteiger partial charge in [-0.05, 0) is 99.3 Å². The van der Waals surface area contributed by atoms with Crippen molar-refractivity contribution in [2.45, 2.75) is 119 Å². The van der Waals surface area contributed by atoms with Gasteiger partial charge in [-0.2, -0.15) is 0 Å². The lowest BCUT2D eigenvalue weighted by Gasteiger charge is -2.28. The number of carbonyl (C=O) groups excluding carboxylic acids is 2. The number of allylic oxidation sites excluding steroid dienone is 8. The largest absolute Gasteiger partial charge is 0.396 e. The molecule has 2 aliphatic rings.